The molecule has 2 heterocycles. The number of nitrogens with two attached hydrogens (primary N) is 1. The summed E-state index contributed by atoms with van der Waals surface area (Å²) >= 11 is 0. The van der Waals surface area contributed by atoms with E-state index in [2.05, 4.69) is 10.3 Å². The molecule has 0 aliphatic carbocycles. The van der Waals surface area contributed by atoms with Crippen LogP contribution in [0.4, 0.5) is 11.5 Å². The second kappa shape index (κ2) is 9.46. The fourth-order valence-electron chi connectivity index (χ4n) is 3.53. The Hall–Kier alpha value is -2.62. The Morgan fingerprint density at radius 2 is 1.93 bits per heavy atom. The molecule has 1 aromatic rings. The number of piperazine rings is 1. The number of aromatic nitrogens is 2. The lowest BCUT2D eigenvalue weighted by Gasteiger charge is -2.41. The predicted molar refractivity (Wildman–Crippen MR) is 116 cm³/mol. The van der Waals surface area contributed by atoms with Crippen LogP contribution < -0.4 is 27.2 Å². The molecule has 1 aliphatic rings. The highest BCUT2D eigenvalue weighted by Crippen LogP contribution is 2.21. The summed E-state index contributed by atoms with van der Waals surface area (Å²) in [6.45, 7) is 10.9. The van der Waals surface area contributed by atoms with Gasteiger partial charge in [-0.3, -0.25) is 28.8 Å². The van der Waals surface area contributed by atoms with Gasteiger partial charge in [0.25, 0.3) is 5.56 Å². The largest absolute Gasteiger partial charge is 0.383 e. The molecule has 10 heteroatoms. The first-order valence-electron chi connectivity index (χ1n) is 10.5. The van der Waals surface area contributed by atoms with Gasteiger partial charge in [-0.2, -0.15) is 0 Å². The zero-order valence-electron chi connectivity index (χ0n) is 18.6. The maximum absolute atomic E-state index is 13.3. The summed E-state index contributed by atoms with van der Waals surface area (Å²) in [4.78, 5) is 55.9. The normalized spacial score (nSPS) is 16.5. The number of hydrogen-bond donors (Lipinski definition) is 3. The van der Waals surface area contributed by atoms with Crippen LogP contribution in [0, 0.1) is 5.92 Å². The van der Waals surface area contributed by atoms with Crippen LogP contribution in [0.15, 0.2) is 9.59 Å². The number of carbonyl (C=O) groups is 2. The Morgan fingerprint density at radius 1 is 1.27 bits per heavy atom. The minimum Gasteiger partial charge on any atom is -0.383 e. The number of nitrogens with one attached hydrogen (secondary N) is 2. The number of nitrogens with zero attached hydrogens (tertiary/aromatic N) is 3. The number of aromatic amines is 1. The van der Waals surface area contributed by atoms with Crippen LogP contribution in [0.1, 0.15) is 47.5 Å². The SMILES string of the molecule is CCCCN(C(=O)CN1CCNC(=O)C1(C)C)c1c(N)n(CC(C)C)c(=O)[nH]c1=O. The highest BCUT2D eigenvalue weighted by Gasteiger charge is 2.39. The molecule has 1 aromatic heterocycles. The number of H-pyrrole nitrogens is 1. The monoisotopic (exact) mass is 422 g/mol. The fourth-order valence-corrected chi connectivity index (χ4v) is 3.53. The molecule has 1 aliphatic heterocycles. The molecule has 0 atom stereocenters. The van der Waals surface area contributed by atoms with Crippen molar-refractivity contribution in [3.63, 3.8) is 0 Å². The third kappa shape index (κ3) is 4.92. The maximum atomic E-state index is 13.3. The van der Waals surface area contributed by atoms with E-state index >= 15 is 0 Å². The standard InChI is InChI=1S/C20H34N6O4/c1-6-7-9-25(14(27)12-24-10-8-22-18(29)20(24,4)5)15-16(21)26(11-13(2)3)19(30)23-17(15)28/h13H,6-12,21H2,1-5H3,(H,22,29)(H,23,28,30). The molecule has 1 saturated heterocycles. The lowest BCUT2D eigenvalue weighted by Crippen LogP contribution is -2.63. The molecule has 0 radical (unpaired) electrons. The van der Waals surface area contributed by atoms with Gasteiger partial charge >= 0.3 is 5.69 Å². The van der Waals surface area contributed by atoms with Gasteiger partial charge in [0, 0.05) is 26.2 Å². The van der Waals surface area contributed by atoms with Crippen molar-refractivity contribution in [1.29, 1.82) is 0 Å². The zero-order valence-corrected chi connectivity index (χ0v) is 18.6. The van der Waals surface area contributed by atoms with Crippen molar-refractivity contribution in [3.05, 3.63) is 20.8 Å². The predicted octanol–water partition coefficient (Wildman–Crippen LogP) is 0.118. The summed E-state index contributed by atoms with van der Waals surface area (Å²) in [5.41, 5.74) is 4.09. The van der Waals surface area contributed by atoms with E-state index in [1.807, 2.05) is 20.8 Å². The first kappa shape index (κ1) is 23.7. The quantitative estimate of drug-likeness (QED) is 0.545. The Kier molecular flexibility index (Phi) is 7.46. The minimum atomic E-state index is -0.848. The third-order valence-corrected chi connectivity index (χ3v) is 5.41. The second-order valence-electron chi connectivity index (χ2n) is 8.63. The molecule has 0 spiro atoms. The maximum Gasteiger partial charge on any atom is 0.330 e. The molecule has 0 saturated carbocycles. The molecule has 1 fully saturated rings. The van der Waals surface area contributed by atoms with Gasteiger partial charge in [-0.25, -0.2) is 4.79 Å². The van der Waals surface area contributed by atoms with Crippen molar-refractivity contribution in [2.75, 3.05) is 36.8 Å². The van der Waals surface area contributed by atoms with Crippen molar-refractivity contribution in [1.82, 2.24) is 19.8 Å². The van der Waals surface area contributed by atoms with Gasteiger partial charge in [-0.05, 0) is 26.2 Å². The van der Waals surface area contributed by atoms with Crippen molar-refractivity contribution < 1.29 is 9.59 Å². The molecular weight excluding hydrogens is 388 g/mol. The van der Waals surface area contributed by atoms with Gasteiger partial charge in [0.05, 0.1) is 12.1 Å². The average Bonchev–Trinajstić information content (AvgIpc) is 2.65. The summed E-state index contributed by atoms with van der Waals surface area (Å²) in [7, 11) is 0. The first-order valence-corrected chi connectivity index (χ1v) is 10.5. The van der Waals surface area contributed by atoms with Crippen LogP contribution in [-0.4, -0.2) is 58.0 Å². The van der Waals surface area contributed by atoms with Gasteiger partial charge in [0.2, 0.25) is 11.8 Å². The summed E-state index contributed by atoms with van der Waals surface area (Å²) in [5, 5.41) is 2.80. The zero-order chi connectivity index (χ0) is 22.6. The lowest BCUT2D eigenvalue weighted by molar-refractivity contribution is -0.136. The van der Waals surface area contributed by atoms with Gasteiger partial charge in [-0.15, -0.1) is 0 Å². The van der Waals surface area contributed by atoms with Crippen LogP contribution >= 0.6 is 0 Å². The second-order valence-corrected chi connectivity index (χ2v) is 8.63. The molecule has 2 amide bonds. The first-order chi connectivity index (χ1) is 14.0. The van der Waals surface area contributed by atoms with Gasteiger partial charge in [-0.1, -0.05) is 27.2 Å². The molecular formula is C20H34N6O4. The third-order valence-electron chi connectivity index (χ3n) is 5.41. The van der Waals surface area contributed by atoms with E-state index in [9.17, 15) is 19.2 Å². The van der Waals surface area contributed by atoms with Crippen LogP contribution in [0.25, 0.3) is 0 Å². The molecule has 10 nitrogen and oxygen atoms in total. The average molecular weight is 423 g/mol. The molecule has 0 bridgehead atoms. The number of anilines is 2. The number of carbonyl (C=O) groups excluding carboxylic acids is 2. The highest BCUT2D eigenvalue weighted by molar-refractivity contribution is 5.97. The number of amides is 2. The summed E-state index contributed by atoms with van der Waals surface area (Å²) in [6, 6.07) is 0. The van der Waals surface area contributed by atoms with Crippen LogP contribution in [0.3, 0.4) is 0 Å². The Bertz CT molecular complexity index is 902. The highest BCUT2D eigenvalue weighted by atomic mass is 16.2. The Labute approximate surface area is 176 Å². The summed E-state index contributed by atoms with van der Waals surface area (Å²) < 4.78 is 1.30. The number of nitrogen functional groups attached to an aromatic ring is 1. The van der Waals surface area contributed by atoms with Crippen molar-refractivity contribution >= 4 is 23.3 Å². The van der Waals surface area contributed by atoms with E-state index in [-0.39, 0.29) is 35.8 Å². The van der Waals surface area contributed by atoms with E-state index < -0.39 is 16.8 Å². The smallest absolute Gasteiger partial charge is 0.330 e. The van der Waals surface area contributed by atoms with E-state index in [0.29, 0.717) is 32.6 Å². The number of rotatable bonds is 8. The lowest BCUT2D eigenvalue weighted by atomic mass is 9.99. The summed E-state index contributed by atoms with van der Waals surface area (Å²) in [6.07, 6.45) is 1.47. The molecule has 2 rings (SSSR count). The minimum absolute atomic E-state index is 0.00651. The van der Waals surface area contributed by atoms with Crippen molar-refractivity contribution in [2.45, 2.75) is 59.5 Å². The molecule has 168 valence electrons. The summed E-state index contributed by atoms with van der Waals surface area (Å²) in [5.74, 6) is -0.378. The Morgan fingerprint density at radius 3 is 2.53 bits per heavy atom. The van der Waals surface area contributed by atoms with Crippen LogP contribution in [0.2, 0.25) is 0 Å². The Balaban J connectivity index is 2.45. The van der Waals surface area contributed by atoms with E-state index in [1.165, 1.54) is 9.47 Å². The number of unbranched alkanes of at least 4 members (excludes halogenated alkanes) is 1. The van der Waals surface area contributed by atoms with Crippen LogP contribution in [0.5, 0.6) is 0 Å². The van der Waals surface area contributed by atoms with Gasteiger partial charge < -0.3 is 16.0 Å². The van der Waals surface area contributed by atoms with Crippen molar-refractivity contribution in [2.24, 2.45) is 5.92 Å². The molecule has 4 N–H and O–H groups in total. The van der Waals surface area contributed by atoms with E-state index in [4.69, 9.17) is 5.73 Å². The fraction of sp³-hybridized carbons (Fsp3) is 0.700. The van der Waals surface area contributed by atoms with E-state index in [0.717, 1.165) is 6.42 Å². The number of hydrogen-bond acceptors (Lipinski definition) is 6. The van der Waals surface area contributed by atoms with Crippen LogP contribution in [-0.2, 0) is 16.1 Å². The molecule has 0 aromatic carbocycles. The topological polar surface area (TPSA) is 134 Å². The van der Waals surface area contributed by atoms with Gasteiger partial charge in [0.1, 0.15) is 5.82 Å². The molecule has 30 heavy (non-hydrogen) atoms. The van der Waals surface area contributed by atoms with E-state index in [1.54, 1.807) is 18.7 Å². The van der Waals surface area contributed by atoms with Crippen molar-refractivity contribution in [3.8, 4) is 0 Å². The molecule has 0 unspecified atom stereocenters. The van der Waals surface area contributed by atoms with Gasteiger partial charge in [0.15, 0.2) is 5.69 Å².